The number of aliphatic hydroxyl groups excluding tert-OH is 1. The minimum absolute atomic E-state index is 0.197. The van der Waals surface area contributed by atoms with Gasteiger partial charge >= 0.3 is 5.97 Å². The second-order valence-corrected chi connectivity index (χ2v) is 5.51. The van der Waals surface area contributed by atoms with Crippen molar-refractivity contribution in [3.05, 3.63) is 0 Å². The number of hydrogen-bond acceptors (Lipinski definition) is 2. The van der Waals surface area contributed by atoms with Crippen LogP contribution in [-0.4, -0.2) is 22.8 Å². The monoisotopic (exact) mass is 226 g/mol. The maximum absolute atomic E-state index is 11.0. The van der Waals surface area contributed by atoms with Crippen molar-refractivity contribution in [1.82, 2.24) is 0 Å². The van der Waals surface area contributed by atoms with E-state index in [9.17, 15) is 4.79 Å². The molecule has 2 aliphatic rings. The van der Waals surface area contributed by atoms with E-state index >= 15 is 0 Å². The molecule has 16 heavy (non-hydrogen) atoms. The smallest absolute Gasteiger partial charge is 0.309 e. The Morgan fingerprint density at radius 3 is 2.38 bits per heavy atom. The predicted molar refractivity (Wildman–Crippen MR) is 61.0 cm³/mol. The summed E-state index contributed by atoms with van der Waals surface area (Å²) >= 11 is 0. The Morgan fingerprint density at radius 2 is 1.81 bits per heavy atom. The zero-order valence-electron chi connectivity index (χ0n) is 9.77. The molecule has 0 spiro atoms. The van der Waals surface area contributed by atoms with Gasteiger partial charge in [-0.25, -0.2) is 0 Å². The van der Waals surface area contributed by atoms with Gasteiger partial charge in [0, 0.05) is 0 Å². The van der Waals surface area contributed by atoms with Gasteiger partial charge in [0.15, 0.2) is 0 Å². The lowest BCUT2D eigenvalue weighted by Gasteiger charge is -2.20. The molecular formula is C13H22O3. The third-order valence-corrected chi connectivity index (χ3v) is 4.66. The zero-order chi connectivity index (χ0) is 11.5. The number of carboxylic acid groups (broad SMARTS) is 1. The molecule has 2 saturated carbocycles. The molecule has 3 heteroatoms. The topological polar surface area (TPSA) is 57.5 Å². The van der Waals surface area contributed by atoms with Gasteiger partial charge in [0.25, 0.3) is 0 Å². The van der Waals surface area contributed by atoms with Gasteiger partial charge in [-0.3, -0.25) is 4.79 Å². The molecule has 0 aliphatic heterocycles. The molecular weight excluding hydrogens is 204 g/mol. The van der Waals surface area contributed by atoms with Crippen LogP contribution < -0.4 is 0 Å². The lowest BCUT2D eigenvalue weighted by molar-refractivity contribution is -0.145. The summed E-state index contributed by atoms with van der Waals surface area (Å²) in [5.74, 6) is 0.457. The van der Waals surface area contributed by atoms with Crippen LogP contribution in [0, 0.1) is 23.7 Å². The van der Waals surface area contributed by atoms with E-state index in [1.165, 1.54) is 32.1 Å². The normalized spacial score (nSPS) is 33.1. The molecule has 0 radical (unpaired) electrons. The van der Waals surface area contributed by atoms with E-state index in [1.807, 2.05) is 0 Å². The first kappa shape index (κ1) is 11.9. The highest BCUT2D eigenvalue weighted by Crippen LogP contribution is 2.44. The molecule has 0 aromatic rings. The van der Waals surface area contributed by atoms with Gasteiger partial charge in [0.2, 0.25) is 0 Å². The van der Waals surface area contributed by atoms with Crippen molar-refractivity contribution in [1.29, 1.82) is 0 Å². The highest BCUT2D eigenvalue weighted by Gasteiger charge is 2.37. The maximum atomic E-state index is 11.0. The number of hydrogen-bond donors (Lipinski definition) is 2. The third-order valence-electron chi connectivity index (χ3n) is 4.66. The highest BCUT2D eigenvalue weighted by molar-refractivity contribution is 5.70. The molecule has 0 saturated heterocycles. The molecule has 3 unspecified atom stereocenters. The summed E-state index contributed by atoms with van der Waals surface area (Å²) in [6.07, 6.45) is 8.60. The second kappa shape index (κ2) is 5.17. The molecule has 2 rings (SSSR count). The summed E-state index contributed by atoms with van der Waals surface area (Å²) in [6.45, 7) is -0.197. The number of rotatable bonds is 4. The molecule has 2 fully saturated rings. The van der Waals surface area contributed by atoms with Crippen LogP contribution in [0.25, 0.3) is 0 Å². The summed E-state index contributed by atoms with van der Waals surface area (Å²) in [7, 11) is 0. The Hall–Kier alpha value is -0.570. The maximum Gasteiger partial charge on any atom is 0.309 e. The Morgan fingerprint density at radius 1 is 1.12 bits per heavy atom. The summed E-state index contributed by atoms with van der Waals surface area (Å²) in [6, 6.07) is 0. The van der Waals surface area contributed by atoms with Crippen LogP contribution in [0.3, 0.4) is 0 Å². The number of aliphatic hydroxyl groups is 1. The summed E-state index contributed by atoms with van der Waals surface area (Å²) in [5.41, 5.74) is 0. The summed E-state index contributed by atoms with van der Waals surface area (Å²) < 4.78 is 0. The van der Waals surface area contributed by atoms with E-state index < -0.39 is 11.9 Å². The Bertz CT molecular complexity index is 246. The Balaban J connectivity index is 1.88. The van der Waals surface area contributed by atoms with Crippen molar-refractivity contribution in [2.45, 2.75) is 44.9 Å². The van der Waals surface area contributed by atoms with Crippen molar-refractivity contribution in [2.75, 3.05) is 6.61 Å². The van der Waals surface area contributed by atoms with Crippen molar-refractivity contribution < 1.29 is 15.0 Å². The molecule has 0 heterocycles. The number of aliphatic carboxylic acids is 1. The first-order chi connectivity index (χ1) is 7.72. The number of carbonyl (C=O) groups is 1. The van der Waals surface area contributed by atoms with Crippen molar-refractivity contribution in [3.8, 4) is 0 Å². The Kier molecular flexibility index (Phi) is 3.85. The van der Waals surface area contributed by atoms with E-state index in [0.29, 0.717) is 0 Å². The molecule has 0 aromatic heterocycles. The van der Waals surface area contributed by atoms with E-state index in [1.54, 1.807) is 0 Å². The van der Waals surface area contributed by atoms with Crippen molar-refractivity contribution in [2.24, 2.45) is 23.7 Å². The quantitative estimate of drug-likeness (QED) is 0.773. The lowest BCUT2D eigenvalue weighted by atomic mass is 9.86. The van der Waals surface area contributed by atoms with E-state index in [-0.39, 0.29) is 12.5 Å². The fourth-order valence-corrected chi connectivity index (χ4v) is 3.70. The zero-order valence-corrected chi connectivity index (χ0v) is 9.77. The van der Waals surface area contributed by atoms with Gasteiger partial charge in [-0.1, -0.05) is 25.7 Å². The first-order valence-electron chi connectivity index (χ1n) is 6.56. The van der Waals surface area contributed by atoms with Crippen LogP contribution in [-0.2, 0) is 4.79 Å². The fourth-order valence-electron chi connectivity index (χ4n) is 3.70. The van der Waals surface area contributed by atoms with Crippen LogP contribution in [0.2, 0.25) is 0 Å². The molecule has 2 aliphatic carbocycles. The van der Waals surface area contributed by atoms with Gasteiger partial charge in [-0.2, -0.15) is 0 Å². The molecule has 3 nitrogen and oxygen atoms in total. The average Bonchev–Trinajstić information content (AvgIpc) is 2.86. The first-order valence-corrected chi connectivity index (χ1v) is 6.56. The van der Waals surface area contributed by atoms with Crippen molar-refractivity contribution >= 4 is 5.97 Å². The van der Waals surface area contributed by atoms with Crippen LogP contribution in [0.4, 0.5) is 0 Å². The second-order valence-electron chi connectivity index (χ2n) is 5.51. The minimum Gasteiger partial charge on any atom is -0.481 e. The van der Waals surface area contributed by atoms with Crippen LogP contribution in [0.15, 0.2) is 0 Å². The molecule has 3 atom stereocenters. The van der Waals surface area contributed by atoms with E-state index in [0.717, 1.165) is 24.7 Å². The molecule has 0 bridgehead atoms. The van der Waals surface area contributed by atoms with Crippen LogP contribution in [0.1, 0.15) is 44.9 Å². The van der Waals surface area contributed by atoms with Gasteiger partial charge in [-0.15, -0.1) is 0 Å². The van der Waals surface area contributed by atoms with Gasteiger partial charge in [-0.05, 0) is 37.0 Å². The fraction of sp³-hybridized carbons (Fsp3) is 0.923. The average molecular weight is 226 g/mol. The van der Waals surface area contributed by atoms with Crippen LogP contribution in [0.5, 0.6) is 0 Å². The molecule has 2 N–H and O–H groups in total. The molecule has 0 amide bonds. The molecule has 92 valence electrons. The highest BCUT2D eigenvalue weighted by atomic mass is 16.4. The van der Waals surface area contributed by atoms with E-state index in [4.69, 9.17) is 10.2 Å². The summed E-state index contributed by atoms with van der Waals surface area (Å²) in [5, 5.41) is 18.2. The number of carboxylic acids is 1. The van der Waals surface area contributed by atoms with E-state index in [2.05, 4.69) is 0 Å². The van der Waals surface area contributed by atoms with Gasteiger partial charge < -0.3 is 10.2 Å². The third kappa shape index (κ3) is 2.40. The van der Waals surface area contributed by atoms with Gasteiger partial charge in [0.05, 0.1) is 12.5 Å². The van der Waals surface area contributed by atoms with Gasteiger partial charge in [0.1, 0.15) is 0 Å². The predicted octanol–water partition coefficient (Wildman–Crippen LogP) is 2.29. The largest absolute Gasteiger partial charge is 0.481 e. The SMILES string of the molecule is O=C(O)C(CO)C1CCC(C2CCCC2)C1. The Labute approximate surface area is 96.9 Å². The summed E-state index contributed by atoms with van der Waals surface area (Å²) in [4.78, 5) is 11.0. The lowest BCUT2D eigenvalue weighted by Crippen LogP contribution is -2.25. The van der Waals surface area contributed by atoms with Crippen LogP contribution >= 0.6 is 0 Å². The minimum atomic E-state index is -0.820. The van der Waals surface area contributed by atoms with Crippen molar-refractivity contribution in [3.63, 3.8) is 0 Å². The standard InChI is InChI=1S/C13H22O3/c14-8-12(13(15)16)11-6-5-10(7-11)9-3-1-2-4-9/h9-12,14H,1-8H2,(H,15,16). The molecule has 0 aromatic carbocycles.